The van der Waals surface area contributed by atoms with E-state index in [2.05, 4.69) is 20.6 Å². The summed E-state index contributed by atoms with van der Waals surface area (Å²) in [5.74, 6) is -1.86. The molecule has 15 heteroatoms. The Balaban J connectivity index is 1.39. The van der Waals surface area contributed by atoms with Crippen molar-refractivity contribution in [2.45, 2.75) is 77.6 Å². The maximum Gasteiger partial charge on any atom is 0.419 e. The third-order valence-electron chi connectivity index (χ3n) is 8.53. The Hall–Kier alpha value is -5.60. The van der Waals surface area contributed by atoms with Crippen molar-refractivity contribution in [2.75, 3.05) is 20.8 Å². The Morgan fingerprint density at radius 3 is 2.39 bits per heavy atom. The highest BCUT2D eigenvalue weighted by Crippen LogP contribution is 2.30. The molecule has 1 saturated heterocycles. The Kier molecular flexibility index (Phi) is 10.9. The second-order valence-corrected chi connectivity index (χ2v) is 13.8. The van der Waals surface area contributed by atoms with Crippen molar-refractivity contribution in [2.24, 2.45) is 5.92 Å². The zero-order valence-corrected chi connectivity index (χ0v) is 29.8. The number of nitrogens with one attached hydrogen (secondary N) is 1. The first kappa shape index (κ1) is 36.7. The van der Waals surface area contributed by atoms with E-state index in [0.29, 0.717) is 41.7 Å². The summed E-state index contributed by atoms with van der Waals surface area (Å²) in [7, 11) is 2.56. The number of hydrogen-bond donors (Lipinski definition) is 1. The van der Waals surface area contributed by atoms with Crippen molar-refractivity contribution in [1.82, 2.24) is 34.8 Å². The first-order chi connectivity index (χ1) is 24.2. The summed E-state index contributed by atoms with van der Waals surface area (Å²) >= 11 is 0. The second kappa shape index (κ2) is 15.1. The minimum absolute atomic E-state index is 0.0800. The summed E-state index contributed by atoms with van der Waals surface area (Å²) in [6, 6.07) is 6.26. The van der Waals surface area contributed by atoms with Crippen LogP contribution in [0.5, 0.6) is 0 Å². The summed E-state index contributed by atoms with van der Waals surface area (Å²) in [5.41, 5.74) is 1.52. The summed E-state index contributed by atoms with van der Waals surface area (Å²) in [5, 5.41) is 11.8. The number of aromatic nitrogens is 5. The van der Waals surface area contributed by atoms with Gasteiger partial charge < -0.3 is 24.4 Å². The van der Waals surface area contributed by atoms with Crippen LogP contribution >= 0.6 is 0 Å². The Morgan fingerprint density at radius 1 is 1.00 bits per heavy atom. The van der Waals surface area contributed by atoms with E-state index in [1.54, 1.807) is 45.2 Å². The number of para-hydroxylation sites is 1. The number of pyridine rings is 1. The van der Waals surface area contributed by atoms with Gasteiger partial charge >= 0.3 is 18.0 Å². The van der Waals surface area contributed by atoms with Gasteiger partial charge in [-0.1, -0.05) is 37.3 Å². The molecular weight excluding hydrogens is 658 g/mol. The number of methoxy groups -OCH3 is 2. The van der Waals surface area contributed by atoms with Crippen molar-refractivity contribution in [3.8, 4) is 11.3 Å². The van der Waals surface area contributed by atoms with Gasteiger partial charge in [0, 0.05) is 42.5 Å². The molecule has 0 unspecified atom stereocenters. The molecule has 1 aromatic carbocycles. The van der Waals surface area contributed by atoms with Crippen LogP contribution in [-0.2, 0) is 35.0 Å². The highest BCUT2D eigenvalue weighted by molar-refractivity contribution is 5.99. The van der Waals surface area contributed by atoms with E-state index in [1.807, 2.05) is 26.0 Å². The van der Waals surface area contributed by atoms with Gasteiger partial charge in [-0.15, -0.1) is 5.10 Å². The van der Waals surface area contributed by atoms with Gasteiger partial charge in [-0.25, -0.2) is 19.1 Å². The molecule has 0 radical (unpaired) electrons. The van der Waals surface area contributed by atoms with Gasteiger partial charge in [-0.05, 0) is 57.2 Å². The lowest BCUT2D eigenvalue weighted by atomic mass is 10.0. The molecule has 0 spiro atoms. The van der Waals surface area contributed by atoms with Crippen LogP contribution < -0.4 is 5.32 Å². The summed E-state index contributed by atoms with van der Waals surface area (Å²) in [6.45, 7) is 9.55. The van der Waals surface area contributed by atoms with E-state index < -0.39 is 47.7 Å². The molecular formula is C36H43N7O8. The lowest BCUT2D eigenvalue weighted by Gasteiger charge is -2.27. The predicted molar refractivity (Wildman–Crippen MR) is 184 cm³/mol. The fraction of sp³-hybridized carbons (Fsp3) is 0.444. The highest BCUT2D eigenvalue weighted by Gasteiger charge is 2.40. The quantitative estimate of drug-likeness (QED) is 0.177. The molecule has 270 valence electrons. The zero-order chi connectivity index (χ0) is 37.0. The molecule has 4 heterocycles. The zero-order valence-electron chi connectivity index (χ0n) is 29.8. The SMILES string of the molecule is COC(=O)[C@@H](Cc1cn(C(=O)OC(C)(C)C)c2ccccc12)n1nncc1-c1cncc(C(=O)N[C@@H]2CCN([C@@H](CC(C)C)C(=O)OC)C2=O)c1. The van der Waals surface area contributed by atoms with Gasteiger partial charge in [-0.2, -0.15) is 0 Å². The van der Waals surface area contributed by atoms with E-state index in [-0.39, 0.29) is 23.8 Å². The number of hydrogen-bond acceptors (Lipinski definition) is 11. The number of likely N-dealkylation sites (tertiary alicyclic amines) is 1. The third kappa shape index (κ3) is 8.08. The van der Waals surface area contributed by atoms with E-state index in [0.717, 1.165) is 5.39 Å². The highest BCUT2D eigenvalue weighted by atomic mass is 16.6. The van der Waals surface area contributed by atoms with Crippen molar-refractivity contribution in [3.05, 3.63) is 66.2 Å². The van der Waals surface area contributed by atoms with Crippen LogP contribution in [0.15, 0.2) is 55.1 Å². The number of carbonyl (C=O) groups excluding carboxylic acids is 5. The Labute approximate surface area is 295 Å². The summed E-state index contributed by atoms with van der Waals surface area (Å²) < 4.78 is 18.5. The fourth-order valence-electron chi connectivity index (χ4n) is 6.19. The topological polar surface area (TPSA) is 177 Å². The molecule has 1 fully saturated rings. The van der Waals surface area contributed by atoms with Gasteiger partial charge in [0.25, 0.3) is 5.91 Å². The number of rotatable bonds is 11. The van der Waals surface area contributed by atoms with Crippen molar-refractivity contribution in [1.29, 1.82) is 0 Å². The van der Waals surface area contributed by atoms with E-state index in [4.69, 9.17) is 14.2 Å². The molecule has 3 aromatic heterocycles. The van der Waals surface area contributed by atoms with Gasteiger partial charge in [0.15, 0.2) is 6.04 Å². The second-order valence-electron chi connectivity index (χ2n) is 13.8. The molecule has 1 N–H and O–H groups in total. The maximum atomic E-state index is 13.4. The number of fused-ring (bicyclic) bond motifs is 1. The van der Waals surface area contributed by atoms with Crippen molar-refractivity contribution < 1.29 is 38.2 Å². The fourth-order valence-corrected chi connectivity index (χ4v) is 6.19. The molecule has 2 amide bonds. The first-order valence-corrected chi connectivity index (χ1v) is 16.7. The van der Waals surface area contributed by atoms with Gasteiger partial charge in [0.05, 0.1) is 37.2 Å². The number of benzene rings is 1. The monoisotopic (exact) mass is 701 g/mol. The molecule has 1 aliphatic rings. The molecule has 0 saturated carbocycles. The van der Waals surface area contributed by atoms with Crippen LogP contribution in [0.4, 0.5) is 4.79 Å². The van der Waals surface area contributed by atoms with Gasteiger partial charge in [0.2, 0.25) is 5.91 Å². The summed E-state index contributed by atoms with van der Waals surface area (Å²) in [6.07, 6.45) is 6.23. The Bertz CT molecular complexity index is 1940. The molecule has 5 rings (SSSR count). The van der Waals surface area contributed by atoms with Crippen LogP contribution in [0.2, 0.25) is 0 Å². The van der Waals surface area contributed by atoms with Crippen molar-refractivity contribution in [3.63, 3.8) is 0 Å². The minimum atomic E-state index is -1.02. The van der Waals surface area contributed by atoms with Crippen LogP contribution in [0.25, 0.3) is 22.2 Å². The number of amides is 2. The lowest BCUT2D eigenvalue weighted by molar-refractivity contribution is -0.152. The number of nitrogens with zero attached hydrogens (tertiary/aromatic N) is 6. The number of carbonyl (C=O) groups is 5. The van der Waals surface area contributed by atoms with Crippen LogP contribution in [0.3, 0.4) is 0 Å². The molecule has 0 aliphatic carbocycles. The van der Waals surface area contributed by atoms with E-state index >= 15 is 0 Å². The predicted octanol–water partition coefficient (Wildman–Crippen LogP) is 3.95. The summed E-state index contributed by atoms with van der Waals surface area (Å²) in [4.78, 5) is 71.3. The minimum Gasteiger partial charge on any atom is -0.467 e. The molecule has 3 atom stereocenters. The molecule has 0 bridgehead atoms. The smallest absolute Gasteiger partial charge is 0.419 e. The number of ether oxygens (including phenoxy) is 3. The van der Waals surface area contributed by atoms with Gasteiger partial charge in [-0.3, -0.25) is 19.1 Å². The molecule has 15 nitrogen and oxygen atoms in total. The van der Waals surface area contributed by atoms with Crippen LogP contribution in [-0.4, -0.2) is 97.7 Å². The van der Waals surface area contributed by atoms with Crippen LogP contribution in [0, 0.1) is 5.92 Å². The average molecular weight is 702 g/mol. The van der Waals surface area contributed by atoms with Crippen molar-refractivity contribution >= 4 is 40.7 Å². The molecule has 51 heavy (non-hydrogen) atoms. The van der Waals surface area contributed by atoms with Crippen LogP contribution in [0.1, 0.15) is 69.4 Å². The Morgan fingerprint density at radius 2 is 1.71 bits per heavy atom. The lowest BCUT2D eigenvalue weighted by Crippen LogP contribution is -2.48. The first-order valence-electron chi connectivity index (χ1n) is 16.7. The maximum absolute atomic E-state index is 13.4. The van der Waals surface area contributed by atoms with E-state index in [1.165, 1.54) is 47.0 Å². The van der Waals surface area contributed by atoms with E-state index in [9.17, 15) is 24.0 Å². The normalized spacial score (nSPS) is 15.9. The average Bonchev–Trinajstić information content (AvgIpc) is 3.82. The number of esters is 2. The van der Waals surface area contributed by atoms with Gasteiger partial charge in [0.1, 0.15) is 17.7 Å². The largest absolute Gasteiger partial charge is 0.467 e. The third-order valence-corrected chi connectivity index (χ3v) is 8.53. The standard InChI is InChI=1S/C36H43N7O8/c1-21(2)14-28(33(46)49-6)41-13-12-26(32(41)45)39-31(44)23-15-22(17-37-18-23)30-19-38-40-43(30)29(34(47)50-7)16-24-20-42(35(48)51-36(3,4)5)27-11-9-8-10-25(24)27/h8-11,15,17-21,26,28-29H,12-14,16H2,1-7H3,(H,39,44)/t26-,28+,29-/m1/s1. The molecule has 1 aliphatic heterocycles. The molecule has 4 aromatic rings.